The molecule has 0 unspecified atom stereocenters. The van der Waals surface area contributed by atoms with Crippen molar-refractivity contribution < 1.29 is 23.5 Å². The van der Waals surface area contributed by atoms with E-state index in [0.717, 1.165) is 18.2 Å². The van der Waals surface area contributed by atoms with Crippen molar-refractivity contribution in [1.82, 2.24) is 4.98 Å². The van der Waals surface area contributed by atoms with Gasteiger partial charge in [-0.2, -0.15) is 0 Å². The lowest BCUT2D eigenvalue weighted by Crippen LogP contribution is -2.16. The molecule has 0 saturated carbocycles. The zero-order valence-corrected chi connectivity index (χ0v) is 14.3. The predicted molar refractivity (Wildman–Crippen MR) is 96.0 cm³/mol. The molecule has 2 aromatic carbocycles. The van der Waals surface area contributed by atoms with Crippen molar-refractivity contribution in [3.63, 3.8) is 0 Å². The number of nitrogens with one attached hydrogen (secondary N) is 1. The number of carbonyl (C=O) groups is 2. The molecule has 2 N–H and O–H groups in total. The number of hydrogen-bond acceptors (Lipinski definition) is 3. The van der Waals surface area contributed by atoms with Crippen LogP contribution in [-0.4, -0.2) is 22.0 Å². The molecule has 0 fully saturated rings. The Bertz CT molecular complexity index is 1020. The monoisotopic (exact) mass is 388 g/mol. The van der Waals surface area contributed by atoms with Crippen LogP contribution in [0.25, 0.3) is 11.1 Å². The summed E-state index contributed by atoms with van der Waals surface area (Å²) < 4.78 is 27.3. The van der Waals surface area contributed by atoms with E-state index in [9.17, 15) is 18.4 Å². The van der Waals surface area contributed by atoms with Crippen molar-refractivity contribution in [3.05, 3.63) is 82.5 Å². The number of carbonyl (C=O) groups excluding carboxylic acids is 1. The summed E-state index contributed by atoms with van der Waals surface area (Å²) in [5, 5.41) is 11.7. The normalized spacial score (nSPS) is 10.5. The zero-order valence-electron chi connectivity index (χ0n) is 13.5. The van der Waals surface area contributed by atoms with E-state index in [4.69, 9.17) is 16.7 Å². The Morgan fingerprint density at radius 2 is 1.74 bits per heavy atom. The van der Waals surface area contributed by atoms with Crippen LogP contribution in [0, 0.1) is 11.6 Å². The maximum Gasteiger partial charge on any atom is 0.335 e. The van der Waals surface area contributed by atoms with E-state index in [1.54, 1.807) is 6.07 Å². The summed E-state index contributed by atoms with van der Waals surface area (Å²) in [5.74, 6) is -3.98. The number of aromatic carboxylic acids is 1. The summed E-state index contributed by atoms with van der Waals surface area (Å²) >= 11 is 6.10. The number of amides is 1. The molecular formula is C19H11ClF2N2O3. The topological polar surface area (TPSA) is 79.3 Å². The Kier molecular flexibility index (Phi) is 5.14. The molecule has 8 heteroatoms. The Hall–Kier alpha value is -3.32. The standard InChI is InChI=1S/C19H11ClF2N2O3/c20-13-6-4-10(19(26)27)8-12(13)11-5-7-16(23-9-11)24-18(25)17-14(21)2-1-3-15(17)22/h1-9H,(H,26,27)(H,23,24,25). The first-order chi connectivity index (χ1) is 12.9. The first-order valence-corrected chi connectivity index (χ1v) is 7.99. The number of aromatic nitrogens is 1. The van der Waals surface area contributed by atoms with Gasteiger partial charge in [-0.1, -0.05) is 17.7 Å². The average molecular weight is 389 g/mol. The molecule has 0 aliphatic carbocycles. The molecule has 5 nitrogen and oxygen atoms in total. The molecule has 0 radical (unpaired) electrons. The van der Waals surface area contributed by atoms with Crippen molar-refractivity contribution in [2.75, 3.05) is 5.32 Å². The molecule has 0 atom stereocenters. The third-order valence-corrected chi connectivity index (χ3v) is 4.05. The van der Waals surface area contributed by atoms with Crippen molar-refractivity contribution in [1.29, 1.82) is 0 Å². The molecule has 0 aliphatic heterocycles. The lowest BCUT2D eigenvalue weighted by molar-refractivity contribution is 0.0696. The second kappa shape index (κ2) is 7.51. The van der Waals surface area contributed by atoms with E-state index in [1.165, 1.54) is 30.5 Å². The molecule has 1 heterocycles. The van der Waals surface area contributed by atoms with E-state index in [1.807, 2.05) is 0 Å². The maximum atomic E-state index is 13.7. The summed E-state index contributed by atoms with van der Waals surface area (Å²) in [7, 11) is 0. The average Bonchev–Trinajstić information content (AvgIpc) is 2.62. The van der Waals surface area contributed by atoms with Crippen LogP contribution in [0.5, 0.6) is 0 Å². The Balaban J connectivity index is 1.85. The number of carboxylic acid groups (broad SMARTS) is 1. The quantitative estimate of drug-likeness (QED) is 0.683. The summed E-state index contributed by atoms with van der Waals surface area (Å²) in [4.78, 5) is 27.2. The van der Waals surface area contributed by atoms with Gasteiger partial charge >= 0.3 is 5.97 Å². The van der Waals surface area contributed by atoms with Crippen molar-refractivity contribution in [2.24, 2.45) is 0 Å². The van der Waals surface area contributed by atoms with Crippen LogP contribution in [0.4, 0.5) is 14.6 Å². The number of halogens is 3. The Morgan fingerprint density at radius 3 is 2.33 bits per heavy atom. The minimum atomic E-state index is -1.10. The molecular weight excluding hydrogens is 378 g/mol. The van der Waals surface area contributed by atoms with Crippen molar-refractivity contribution >= 4 is 29.3 Å². The van der Waals surface area contributed by atoms with Crippen LogP contribution in [0.3, 0.4) is 0 Å². The van der Waals surface area contributed by atoms with Crippen LogP contribution >= 0.6 is 11.6 Å². The molecule has 0 spiro atoms. The summed E-state index contributed by atoms with van der Waals surface area (Å²) in [6, 6.07) is 10.3. The SMILES string of the molecule is O=C(O)c1ccc(Cl)c(-c2ccc(NC(=O)c3c(F)cccc3F)nc2)c1. The van der Waals surface area contributed by atoms with Gasteiger partial charge in [0.25, 0.3) is 5.91 Å². The van der Waals surface area contributed by atoms with Gasteiger partial charge in [-0.25, -0.2) is 18.6 Å². The number of nitrogens with zero attached hydrogens (tertiary/aromatic N) is 1. The van der Waals surface area contributed by atoms with E-state index < -0.39 is 29.1 Å². The van der Waals surface area contributed by atoms with Gasteiger partial charge in [-0.3, -0.25) is 4.79 Å². The van der Waals surface area contributed by atoms with Gasteiger partial charge < -0.3 is 10.4 Å². The van der Waals surface area contributed by atoms with E-state index in [0.29, 0.717) is 16.1 Å². The molecule has 136 valence electrons. The third kappa shape index (κ3) is 3.93. The van der Waals surface area contributed by atoms with Crippen LogP contribution in [0.2, 0.25) is 5.02 Å². The fourth-order valence-corrected chi connectivity index (χ4v) is 2.63. The van der Waals surface area contributed by atoms with Gasteiger partial charge in [0.1, 0.15) is 23.0 Å². The first-order valence-electron chi connectivity index (χ1n) is 7.61. The number of anilines is 1. The van der Waals surface area contributed by atoms with Gasteiger partial charge in [-0.15, -0.1) is 0 Å². The lowest BCUT2D eigenvalue weighted by atomic mass is 10.0. The predicted octanol–water partition coefficient (Wildman–Crippen LogP) is 4.63. The van der Waals surface area contributed by atoms with Gasteiger partial charge in [0.15, 0.2) is 0 Å². The Morgan fingerprint density at radius 1 is 1.04 bits per heavy atom. The van der Waals surface area contributed by atoms with E-state index in [2.05, 4.69) is 10.3 Å². The van der Waals surface area contributed by atoms with Crippen molar-refractivity contribution in [2.45, 2.75) is 0 Å². The van der Waals surface area contributed by atoms with E-state index >= 15 is 0 Å². The van der Waals surface area contributed by atoms with Crippen molar-refractivity contribution in [3.8, 4) is 11.1 Å². The van der Waals surface area contributed by atoms with Gasteiger partial charge in [-0.05, 0) is 42.5 Å². The number of rotatable bonds is 4. The van der Waals surface area contributed by atoms with Crippen LogP contribution in [0.1, 0.15) is 20.7 Å². The first kappa shape index (κ1) is 18.5. The Labute approximate surface area is 157 Å². The summed E-state index contributed by atoms with van der Waals surface area (Å²) in [5.41, 5.74) is 0.308. The molecule has 1 amide bonds. The van der Waals surface area contributed by atoms with Crippen LogP contribution in [-0.2, 0) is 0 Å². The highest BCUT2D eigenvalue weighted by Crippen LogP contribution is 2.29. The summed E-state index contributed by atoms with van der Waals surface area (Å²) in [6.45, 7) is 0. The van der Waals surface area contributed by atoms with Gasteiger partial charge in [0, 0.05) is 22.3 Å². The highest BCUT2D eigenvalue weighted by molar-refractivity contribution is 6.33. The second-order valence-electron chi connectivity index (χ2n) is 5.48. The van der Waals surface area contributed by atoms with Crippen LogP contribution < -0.4 is 5.32 Å². The number of pyridine rings is 1. The third-order valence-electron chi connectivity index (χ3n) is 3.72. The molecule has 1 aromatic heterocycles. The largest absolute Gasteiger partial charge is 0.478 e. The maximum absolute atomic E-state index is 13.7. The minimum Gasteiger partial charge on any atom is -0.478 e. The minimum absolute atomic E-state index is 0.0572. The smallest absolute Gasteiger partial charge is 0.335 e. The van der Waals surface area contributed by atoms with E-state index in [-0.39, 0.29) is 11.4 Å². The highest BCUT2D eigenvalue weighted by atomic mass is 35.5. The number of carboxylic acids is 1. The molecule has 0 saturated heterocycles. The number of hydrogen-bond donors (Lipinski definition) is 2. The van der Waals surface area contributed by atoms with Gasteiger partial charge in [0.05, 0.1) is 5.56 Å². The highest BCUT2D eigenvalue weighted by Gasteiger charge is 2.17. The molecule has 3 rings (SSSR count). The van der Waals surface area contributed by atoms with Crippen LogP contribution in [0.15, 0.2) is 54.7 Å². The molecule has 0 bridgehead atoms. The zero-order chi connectivity index (χ0) is 19.6. The fraction of sp³-hybridized carbons (Fsp3) is 0. The lowest BCUT2D eigenvalue weighted by Gasteiger charge is -2.09. The molecule has 0 aliphatic rings. The fourth-order valence-electron chi connectivity index (χ4n) is 2.40. The summed E-state index contributed by atoms with van der Waals surface area (Å²) in [6.07, 6.45) is 1.36. The number of benzene rings is 2. The molecule has 3 aromatic rings. The molecule has 27 heavy (non-hydrogen) atoms. The van der Waals surface area contributed by atoms with Gasteiger partial charge in [0.2, 0.25) is 0 Å². The second-order valence-corrected chi connectivity index (χ2v) is 5.89.